The molecular formula is C24H34FN3O2S2. The van der Waals surface area contributed by atoms with Crippen LogP contribution >= 0.6 is 12.6 Å². The van der Waals surface area contributed by atoms with Crippen LogP contribution in [-0.4, -0.2) is 28.9 Å². The SMILES string of the molecule is CCCCCCOC/C(N)=C/C(=Nc1ccc(S(N)=O)cc1)c1ccc(F)cc1.CCS. The Morgan fingerprint density at radius 1 is 1.09 bits per heavy atom. The molecule has 0 aliphatic rings. The molecule has 0 saturated carbocycles. The van der Waals surface area contributed by atoms with E-state index in [1.165, 1.54) is 25.0 Å². The zero-order valence-corrected chi connectivity index (χ0v) is 20.5. The highest BCUT2D eigenvalue weighted by molar-refractivity contribution is 7.82. The number of aliphatic imine (C=N–C) groups is 1. The number of hydrogen-bond acceptors (Lipinski definition) is 5. The van der Waals surface area contributed by atoms with E-state index in [4.69, 9.17) is 15.6 Å². The first-order valence-electron chi connectivity index (χ1n) is 10.7. The van der Waals surface area contributed by atoms with Gasteiger partial charge in [0.05, 0.1) is 22.9 Å². The molecule has 1 atom stereocenters. The predicted octanol–water partition coefficient (Wildman–Crippen LogP) is 5.30. The molecule has 2 rings (SSSR count). The standard InChI is InChI=1S/C22H28FN3O2S.C2H6S/c1-2-3-4-5-14-28-16-19(24)15-22(17-6-8-18(23)9-7-17)26-20-10-12-21(13-11-20)29(25)27;1-2-3/h6-13,15H,2-5,14,16,24-25H2,1H3;3H,2H2,1H3/b19-15-,26-22?;. The summed E-state index contributed by atoms with van der Waals surface area (Å²) in [6.07, 6.45) is 6.27. The van der Waals surface area contributed by atoms with Gasteiger partial charge in [-0.05, 0) is 66.8 Å². The number of halogens is 1. The minimum Gasteiger partial charge on any atom is -0.400 e. The van der Waals surface area contributed by atoms with Crippen LogP contribution in [0.3, 0.4) is 0 Å². The molecule has 32 heavy (non-hydrogen) atoms. The summed E-state index contributed by atoms with van der Waals surface area (Å²) in [5.41, 5.74) is 8.61. The highest BCUT2D eigenvalue weighted by Gasteiger charge is 2.05. The number of benzene rings is 2. The monoisotopic (exact) mass is 479 g/mol. The molecule has 0 bridgehead atoms. The van der Waals surface area contributed by atoms with Gasteiger partial charge in [0.1, 0.15) is 16.8 Å². The fourth-order valence-corrected chi connectivity index (χ4v) is 3.04. The molecule has 176 valence electrons. The van der Waals surface area contributed by atoms with Crippen molar-refractivity contribution in [3.05, 3.63) is 71.7 Å². The van der Waals surface area contributed by atoms with E-state index in [0.29, 0.717) is 35.2 Å². The summed E-state index contributed by atoms with van der Waals surface area (Å²) in [5.74, 6) is 0.621. The second-order valence-corrected chi connectivity index (χ2v) is 8.64. The van der Waals surface area contributed by atoms with Gasteiger partial charge in [0.2, 0.25) is 0 Å². The van der Waals surface area contributed by atoms with Crippen LogP contribution in [0.2, 0.25) is 0 Å². The molecule has 0 fully saturated rings. The molecule has 0 spiro atoms. The topological polar surface area (TPSA) is 90.7 Å². The summed E-state index contributed by atoms with van der Waals surface area (Å²) in [6, 6.07) is 12.8. The summed E-state index contributed by atoms with van der Waals surface area (Å²) in [4.78, 5) is 5.12. The molecule has 0 heterocycles. The number of thiol groups is 1. The second kappa shape index (κ2) is 16.6. The lowest BCUT2D eigenvalue weighted by Crippen LogP contribution is -2.11. The van der Waals surface area contributed by atoms with Crippen LogP contribution in [0.25, 0.3) is 0 Å². The largest absolute Gasteiger partial charge is 0.400 e. The molecule has 0 aliphatic carbocycles. The number of nitrogens with two attached hydrogens (primary N) is 2. The molecule has 0 amide bonds. The fourth-order valence-electron chi connectivity index (χ4n) is 2.63. The third kappa shape index (κ3) is 11.6. The van der Waals surface area contributed by atoms with E-state index >= 15 is 0 Å². The summed E-state index contributed by atoms with van der Waals surface area (Å²) >= 11 is 3.79. The van der Waals surface area contributed by atoms with Crippen molar-refractivity contribution in [2.24, 2.45) is 15.9 Å². The Kier molecular flexibility index (Phi) is 14.5. The highest BCUT2D eigenvalue weighted by Crippen LogP contribution is 2.17. The molecule has 0 radical (unpaired) electrons. The van der Waals surface area contributed by atoms with E-state index in [1.54, 1.807) is 42.5 Å². The first kappa shape index (κ1) is 28.0. The molecule has 0 saturated heterocycles. The first-order chi connectivity index (χ1) is 15.4. The number of allylic oxidation sites excluding steroid dienone is 1. The minimum absolute atomic E-state index is 0.303. The quantitative estimate of drug-likeness (QED) is 0.232. The second-order valence-electron chi connectivity index (χ2n) is 6.94. The van der Waals surface area contributed by atoms with E-state index in [-0.39, 0.29) is 5.82 Å². The normalized spacial score (nSPS) is 12.8. The zero-order chi connectivity index (χ0) is 23.8. The zero-order valence-electron chi connectivity index (χ0n) is 18.8. The van der Waals surface area contributed by atoms with Gasteiger partial charge >= 0.3 is 0 Å². The van der Waals surface area contributed by atoms with Crippen molar-refractivity contribution in [2.75, 3.05) is 19.0 Å². The number of nitrogens with zero attached hydrogens (tertiary/aromatic N) is 1. The Morgan fingerprint density at radius 2 is 1.72 bits per heavy atom. The van der Waals surface area contributed by atoms with Gasteiger partial charge in [0, 0.05) is 17.9 Å². The van der Waals surface area contributed by atoms with E-state index in [0.717, 1.165) is 24.2 Å². The molecule has 4 N–H and O–H groups in total. The lowest BCUT2D eigenvalue weighted by Gasteiger charge is -2.07. The number of hydrogen-bond donors (Lipinski definition) is 3. The minimum atomic E-state index is -1.54. The Hall–Kier alpha value is -2.00. The summed E-state index contributed by atoms with van der Waals surface area (Å²) in [5, 5.41) is 5.38. The Morgan fingerprint density at radius 3 is 2.28 bits per heavy atom. The summed E-state index contributed by atoms with van der Waals surface area (Å²) in [7, 11) is -1.54. The van der Waals surface area contributed by atoms with Gasteiger partial charge < -0.3 is 10.5 Å². The molecule has 2 aromatic rings. The Bertz CT molecular complexity index is 870. The average Bonchev–Trinajstić information content (AvgIpc) is 2.77. The van der Waals surface area contributed by atoms with Crippen molar-refractivity contribution in [3.63, 3.8) is 0 Å². The number of unbranched alkanes of at least 4 members (excludes halogenated alkanes) is 3. The van der Waals surface area contributed by atoms with Gasteiger partial charge in [-0.3, -0.25) is 0 Å². The molecule has 8 heteroatoms. The van der Waals surface area contributed by atoms with Crippen molar-refractivity contribution in [1.29, 1.82) is 0 Å². The van der Waals surface area contributed by atoms with Gasteiger partial charge in [0.25, 0.3) is 0 Å². The third-order valence-corrected chi connectivity index (χ3v) is 4.93. The van der Waals surface area contributed by atoms with E-state index in [9.17, 15) is 8.60 Å². The van der Waals surface area contributed by atoms with Gasteiger partial charge in [-0.25, -0.2) is 18.7 Å². The lowest BCUT2D eigenvalue weighted by molar-refractivity contribution is 0.150. The first-order valence-corrected chi connectivity index (χ1v) is 12.5. The van der Waals surface area contributed by atoms with Gasteiger partial charge in [-0.15, -0.1) is 0 Å². The van der Waals surface area contributed by atoms with E-state index < -0.39 is 11.0 Å². The molecule has 0 aromatic heterocycles. The summed E-state index contributed by atoms with van der Waals surface area (Å²) < 4.78 is 30.3. The maximum absolute atomic E-state index is 13.3. The lowest BCUT2D eigenvalue weighted by atomic mass is 10.1. The predicted molar refractivity (Wildman–Crippen MR) is 136 cm³/mol. The van der Waals surface area contributed by atoms with Crippen LogP contribution < -0.4 is 10.9 Å². The van der Waals surface area contributed by atoms with Crippen LogP contribution in [0.5, 0.6) is 0 Å². The fraction of sp³-hybridized carbons (Fsp3) is 0.375. The third-order valence-electron chi connectivity index (χ3n) is 4.19. The van der Waals surface area contributed by atoms with Crippen molar-refractivity contribution < 1.29 is 13.3 Å². The van der Waals surface area contributed by atoms with E-state index in [1.807, 2.05) is 6.92 Å². The van der Waals surface area contributed by atoms with Crippen LogP contribution in [-0.2, 0) is 15.7 Å². The smallest absolute Gasteiger partial charge is 0.123 e. The Labute approximate surface area is 199 Å². The van der Waals surface area contributed by atoms with Crippen LogP contribution in [0.15, 0.2) is 70.2 Å². The maximum Gasteiger partial charge on any atom is 0.123 e. The number of ether oxygens (including phenoxy) is 1. The molecule has 5 nitrogen and oxygen atoms in total. The van der Waals surface area contributed by atoms with Gasteiger partial charge in [0.15, 0.2) is 0 Å². The molecule has 1 unspecified atom stereocenters. The van der Waals surface area contributed by atoms with Crippen molar-refractivity contribution >= 4 is 35.0 Å². The van der Waals surface area contributed by atoms with Crippen LogP contribution in [0, 0.1) is 5.82 Å². The molecular weight excluding hydrogens is 445 g/mol. The maximum atomic E-state index is 13.3. The van der Waals surface area contributed by atoms with Crippen LogP contribution in [0.4, 0.5) is 10.1 Å². The summed E-state index contributed by atoms with van der Waals surface area (Å²) in [6.45, 7) is 5.12. The number of rotatable bonds is 11. The van der Waals surface area contributed by atoms with Crippen molar-refractivity contribution in [1.82, 2.24) is 0 Å². The molecule has 2 aromatic carbocycles. The van der Waals surface area contributed by atoms with Gasteiger partial charge in [-0.1, -0.05) is 33.1 Å². The van der Waals surface area contributed by atoms with Gasteiger partial charge in [-0.2, -0.15) is 12.6 Å². The van der Waals surface area contributed by atoms with Crippen molar-refractivity contribution in [2.45, 2.75) is 44.4 Å². The van der Waals surface area contributed by atoms with Crippen LogP contribution in [0.1, 0.15) is 45.1 Å². The Balaban J connectivity index is 0.00000161. The van der Waals surface area contributed by atoms with Crippen molar-refractivity contribution in [3.8, 4) is 0 Å². The molecule has 0 aliphatic heterocycles. The average molecular weight is 480 g/mol. The highest BCUT2D eigenvalue weighted by atomic mass is 32.2. The van der Waals surface area contributed by atoms with E-state index in [2.05, 4.69) is 24.5 Å².